The van der Waals surface area contributed by atoms with E-state index in [0.29, 0.717) is 17.4 Å². The van der Waals surface area contributed by atoms with Crippen LogP contribution in [0.4, 0.5) is 24.5 Å². The van der Waals surface area contributed by atoms with E-state index in [9.17, 15) is 22.8 Å². The first-order valence-electron chi connectivity index (χ1n) is 11.0. The molecule has 182 valence electrons. The molecular weight excluding hydrogens is 487 g/mol. The highest BCUT2D eigenvalue weighted by Gasteiger charge is 2.39. The van der Waals surface area contributed by atoms with E-state index in [2.05, 4.69) is 17.2 Å². The van der Waals surface area contributed by atoms with E-state index in [4.69, 9.17) is 11.6 Å². The molecule has 0 saturated carbocycles. The number of benzene rings is 2. The van der Waals surface area contributed by atoms with E-state index in [1.165, 1.54) is 11.8 Å². The Morgan fingerprint density at radius 2 is 1.88 bits per heavy atom. The zero-order valence-corrected chi connectivity index (χ0v) is 20.1. The molecule has 1 aliphatic rings. The van der Waals surface area contributed by atoms with Gasteiger partial charge in [0, 0.05) is 13.0 Å². The summed E-state index contributed by atoms with van der Waals surface area (Å²) in [5.41, 5.74) is -0.377. The van der Waals surface area contributed by atoms with Crippen molar-refractivity contribution in [1.82, 2.24) is 4.90 Å². The number of nitrogens with one attached hydrogen (secondary N) is 1. The lowest BCUT2D eigenvalue weighted by atomic mass is 10.1. The summed E-state index contributed by atoms with van der Waals surface area (Å²) in [6.07, 6.45) is -0.869. The van der Waals surface area contributed by atoms with Crippen LogP contribution in [0.5, 0.6) is 0 Å². The van der Waals surface area contributed by atoms with Gasteiger partial charge in [0.25, 0.3) is 0 Å². The van der Waals surface area contributed by atoms with Gasteiger partial charge in [0.15, 0.2) is 5.17 Å². The van der Waals surface area contributed by atoms with E-state index in [1.54, 1.807) is 4.90 Å². The Balaban J connectivity index is 1.73. The van der Waals surface area contributed by atoms with Crippen molar-refractivity contribution in [3.8, 4) is 0 Å². The molecule has 0 aliphatic carbocycles. The molecule has 1 fully saturated rings. The molecule has 1 N–H and O–H groups in total. The van der Waals surface area contributed by atoms with Crippen LogP contribution in [0.1, 0.15) is 44.6 Å². The maximum absolute atomic E-state index is 13.1. The number of para-hydroxylation sites is 1. The van der Waals surface area contributed by atoms with E-state index < -0.39 is 22.9 Å². The van der Waals surface area contributed by atoms with Crippen molar-refractivity contribution in [2.45, 2.75) is 50.5 Å². The Labute approximate surface area is 205 Å². The van der Waals surface area contributed by atoms with Crippen molar-refractivity contribution < 1.29 is 22.8 Å². The molecule has 0 radical (unpaired) electrons. The summed E-state index contributed by atoms with van der Waals surface area (Å²) in [5.74, 6) is -0.833. The van der Waals surface area contributed by atoms with Gasteiger partial charge in [0.05, 0.1) is 22.0 Å². The van der Waals surface area contributed by atoms with Crippen LogP contribution in [0.3, 0.4) is 0 Å². The maximum atomic E-state index is 13.1. The number of carbonyl (C=O) groups excluding carboxylic acids is 2. The largest absolute Gasteiger partial charge is 0.416 e. The zero-order valence-electron chi connectivity index (χ0n) is 18.6. The van der Waals surface area contributed by atoms with Crippen molar-refractivity contribution in [1.29, 1.82) is 0 Å². The number of halogens is 4. The topological polar surface area (TPSA) is 61.8 Å². The fraction of sp³-hybridized carbons (Fsp3) is 0.375. The summed E-state index contributed by atoms with van der Waals surface area (Å²) in [5, 5.41) is 2.19. The molecule has 1 heterocycles. The van der Waals surface area contributed by atoms with Gasteiger partial charge in [0.2, 0.25) is 11.8 Å². The Hall–Kier alpha value is -2.52. The minimum atomic E-state index is -4.57. The predicted molar refractivity (Wildman–Crippen MR) is 130 cm³/mol. The number of hydrogen-bond donors (Lipinski definition) is 1. The van der Waals surface area contributed by atoms with Crippen LogP contribution in [-0.2, 0) is 15.8 Å². The first-order chi connectivity index (χ1) is 16.2. The standard InChI is InChI=1S/C24H25ClF3N3O2S/c1-2-3-4-8-13-31-22(33)20(34-23(31)29-17-9-6-5-7-10-17)15-21(32)30-19-14-16(24(26,27)28)11-12-18(19)25/h5-7,9-12,14,20H,2-4,8,13,15H2,1H3,(H,30,32). The fourth-order valence-electron chi connectivity index (χ4n) is 3.41. The molecule has 2 amide bonds. The van der Waals surface area contributed by atoms with Crippen LogP contribution in [0.25, 0.3) is 0 Å². The molecule has 1 unspecified atom stereocenters. The van der Waals surface area contributed by atoms with Gasteiger partial charge >= 0.3 is 6.18 Å². The SMILES string of the molecule is CCCCCCN1C(=O)C(CC(=O)Nc2cc(C(F)(F)F)ccc2Cl)SC1=Nc1ccccc1. The van der Waals surface area contributed by atoms with Crippen molar-refractivity contribution >= 4 is 51.7 Å². The fourth-order valence-corrected chi connectivity index (χ4v) is 4.76. The number of rotatable bonds is 9. The Kier molecular flexibility index (Phi) is 9.02. The third kappa shape index (κ3) is 6.99. The number of hydrogen-bond acceptors (Lipinski definition) is 4. The van der Waals surface area contributed by atoms with Gasteiger partial charge in [0.1, 0.15) is 5.25 Å². The van der Waals surface area contributed by atoms with Gasteiger partial charge in [-0.1, -0.05) is 67.7 Å². The number of amides is 2. The molecule has 2 aromatic carbocycles. The molecule has 0 spiro atoms. The smallest absolute Gasteiger partial charge is 0.325 e. The monoisotopic (exact) mass is 511 g/mol. The molecule has 1 saturated heterocycles. The van der Waals surface area contributed by atoms with Gasteiger partial charge in [-0.25, -0.2) is 4.99 Å². The molecule has 0 aromatic heterocycles. The minimum absolute atomic E-state index is 0.0179. The van der Waals surface area contributed by atoms with Crippen molar-refractivity contribution in [2.24, 2.45) is 4.99 Å². The number of nitrogens with zero attached hydrogens (tertiary/aromatic N) is 2. The second-order valence-corrected chi connectivity index (χ2v) is 9.41. The normalized spacial score (nSPS) is 17.4. The van der Waals surface area contributed by atoms with E-state index in [1.807, 2.05) is 30.3 Å². The summed E-state index contributed by atoms with van der Waals surface area (Å²) in [4.78, 5) is 31.9. The van der Waals surface area contributed by atoms with Gasteiger partial charge < -0.3 is 5.32 Å². The second-order valence-electron chi connectivity index (χ2n) is 7.83. The molecule has 5 nitrogen and oxygen atoms in total. The van der Waals surface area contributed by atoms with Gasteiger partial charge in [-0.05, 0) is 36.8 Å². The van der Waals surface area contributed by atoms with Crippen LogP contribution in [-0.4, -0.2) is 33.7 Å². The predicted octanol–water partition coefficient (Wildman–Crippen LogP) is 6.90. The summed E-state index contributed by atoms with van der Waals surface area (Å²) in [6.45, 7) is 2.60. The summed E-state index contributed by atoms with van der Waals surface area (Å²) < 4.78 is 39.0. The lowest BCUT2D eigenvalue weighted by molar-refractivity contribution is -0.137. The number of amidine groups is 1. The molecule has 1 aliphatic heterocycles. The Morgan fingerprint density at radius 3 is 2.56 bits per heavy atom. The number of anilines is 1. The Morgan fingerprint density at radius 1 is 1.15 bits per heavy atom. The van der Waals surface area contributed by atoms with Crippen molar-refractivity contribution in [3.63, 3.8) is 0 Å². The molecule has 0 bridgehead atoms. The van der Waals surface area contributed by atoms with Gasteiger partial charge in [-0.2, -0.15) is 13.2 Å². The van der Waals surface area contributed by atoms with Crippen LogP contribution in [0, 0.1) is 0 Å². The van der Waals surface area contributed by atoms with Gasteiger partial charge in [-0.3, -0.25) is 14.5 Å². The van der Waals surface area contributed by atoms with Crippen LogP contribution >= 0.6 is 23.4 Å². The molecule has 1 atom stereocenters. The van der Waals surface area contributed by atoms with Crippen molar-refractivity contribution in [3.05, 3.63) is 59.1 Å². The van der Waals surface area contributed by atoms with E-state index in [0.717, 1.165) is 43.9 Å². The third-order valence-electron chi connectivity index (χ3n) is 5.17. The number of aliphatic imine (C=N–C) groups is 1. The number of carbonyl (C=O) groups is 2. The first-order valence-corrected chi connectivity index (χ1v) is 12.2. The van der Waals surface area contributed by atoms with E-state index in [-0.39, 0.29) is 23.0 Å². The third-order valence-corrected chi connectivity index (χ3v) is 6.68. The summed E-state index contributed by atoms with van der Waals surface area (Å²) in [7, 11) is 0. The highest BCUT2D eigenvalue weighted by molar-refractivity contribution is 8.15. The van der Waals surface area contributed by atoms with Crippen LogP contribution in [0.15, 0.2) is 53.5 Å². The Bertz CT molecular complexity index is 1050. The molecule has 2 aromatic rings. The molecular formula is C24H25ClF3N3O2S. The molecule has 34 heavy (non-hydrogen) atoms. The molecule has 3 rings (SSSR count). The van der Waals surface area contributed by atoms with Crippen LogP contribution < -0.4 is 5.32 Å². The lowest BCUT2D eigenvalue weighted by Gasteiger charge is -2.16. The average Bonchev–Trinajstić information content (AvgIpc) is 3.06. The maximum Gasteiger partial charge on any atom is 0.416 e. The lowest BCUT2D eigenvalue weighted by Crippen LogP contribution is -2.34. The van der Waals surface area contributed by atoms with Gasteiger partial charge in [-0.15, -0.1) is 0 Å². The first kappa shape index (κ1) is 26.1. The van der Waals surface area contributed by atoms with Crippen molar-refractivity contribution in [2.75, 3.05) is 11.9 Å². The number of thioether (sulfide) groups is 1. The zero-order chi connectivity index (χ0) is 24.7. The van der Waals surface area contributed by atoms with E-state index >= 15 is 0 Å². The second kappa shape index (κ2) is 11.8. The summed E-state index contributed by atoms with van der Waals surface area (Å²) in [6, 6.07) is 11.9. The summed E-state index contributed by atoms with van der Waals surface area (Å²) >= 11 is 7.16. The number of unbranched alkanes of at least 4 members (excludes halogenated alkanes) is 3. The quantitative estimate of drug-likeness (QED) is 0.372. The van der Waals surface area contributed by atoms with Crippen LogP contribution in [0.2, 0.25) is 5.02 Å². The minimum Gasteiger partial charge on any atom is -0.325 e. The highest BCUT2D eigenvalue weighted by Crippen LogP contribution is 2.35. The number of alkyl halides is 3. The molecule has 10 heteroatoms. The average molecular weight is 512 g/mol. The highest BCUT2D eigenvalue weighted by atomic mass is 35.5.